The molecule has 0 amide bonds. The van der Waals surface area contributed by atoms with Gasteiger partial charge in [0, 0.05) is 0 Å². The number of hydrogen-bond donors (Lipinski definition) is 0. The van der Waals surface area contributed by atoms with E-state index >= 15 is 26.3 Å². The van der Waals surface area contributed by atoms with Crippen LogP contribution in [0.1, 0.15) is 5.56 Å². The maximum atomic E-state index is 15.5. The summed E-state index contributed by atoms with van der Waals surface area (Å²) in [5, 5.41) is 0. The molecule has 4 rings (SSSR count). The van der Waals surface area contributed by atoms with E-state index in [-0.39, 0.29) is 5.75 Å². The summed E-state index contributed by atoms with van der Waals surface area (Å²) < 4.78 is 228. The average Bonchev–Trinajstić information content (AvgIpc) is 2.99. The van der Waals surface area contributed by atoms with Gasteiger partial charge in [-0.1, -0.05) is 29.3 Å². The summed E-state index contributed by atoms with van der Waals surface area (Å²) in [5.74, 6) is -42.0. The lowest BCUT2D eigenvalue weighted by atomic mass is 9.13. The van der Waals surface area contributed by atoms with E-state index in [0.29, 0.717) is 0 Å². The molecule has 0 spiro atoms. The van der Waals surface area contributed by atoms with Crippen LogP contribution in [0.4, 0.5) is 65.9 Å². The number of hydrogen-bond acceptors (Lipinski definition) is 1. The molecule has 18 heteroatoms. The van der Waals surface area contributed by atoms with Crippen molar-refractivity contribution in [3.63, 3.8) is 0 Å². The van der Waals surface area contributed by atoms with Crippen LogP contribution in [-0.4, -0.2) is 20.6 Å². The summed E-state index contributed by atoms with van der Waals surface area (Å²) in [5.41, 5.74) is -8.59. The van der Waals surface area contributed by atoms with Gasteiger partial charge in [0.15, 0.2) is 52.4 Å². The summed E-state index contributed by atoms with van der Waals surface area (Å²) >= 11 is -1.84. The second kappa shape index (κ2) is 12.2. The number of rotatable bonds is 7. The molecular formula is C27H12AlBF15O-. The maximum Gasteiger partial charge on any atom is 0.539 e. The summed E-state index contributed by atoms with van der Waals surface area (Å²) in [6, 6.07) is 3.71. The van der Waals surface area contributed by atoms with Crippen molar-refractivity contribution in [3.8, 4) is 5.75 Å². The molecule has 0 atom stereocenters. The van der Waals surface area contributed by atoms with Crippen LogP contribution in [0, 0.1) is 87.3 Å². The fraction of sp³-hybridized carbons (Fsp3) is 0.111. The molecule has 1 nitrogen and oxygen atoms in total. The molecule has 0 radical (unpaired) electrons. The maximum absolute atomic E-state index is 15.5. The minimum absolute atomic E-state index is 0.0437. The second-order valence-corrected chi connectivity index (χ2v) is 12.3. The zero-order chi connectivity index (χ0) is 33.9. The van der Waals surface area contributed by atoms with Gasteiger partial charge in [-0.2, -0.15) is 0 Å². The van der Waals surface area contributed by atoms with Crippen molar-refractivity contribution < 1.29 is 69.6 Å². The van der Waals surface area contributed by atoms with Crippen molar-refractivity contribution in [1.29, 1.82) is 0 Å². The normalized spacial score (nSPS) is 11.8. The Kier molecular flexibility index (Phi) is 9.25. The second-order valence-electron chi connectivity index (χ2n) is 10.0. The first kappa shape index (κ1) is 34.1. The first-order chi connectivity index (χ1) is 20.9. The summed E-state index contributed by atoms with van der Waals surface area (Å²) in [6.07, 6.45) is -7.52. The van der Waals surface area contributed by atoms with Crippen LogP contribution in [0.2, 0.25) is 11.6 Å². The van der Waals surface area contributed by atoms with Crippen LogP contribution < -0.4 is 20.2 Å². The highest BCUT2D eigenvalue weighted by Crippen LogP contribution is 2.30. The molecule has 0 aromatic heterocycles. The van der Waals surface area contributed by atoms with E-state index in [1.807, 2.05) is 0 Å². The molecule has 4 aromatic rings. The molecule has 0 N–H and O–H groups in total. The first-order valence-electron chi connectivity index (χ1n) is 12.4. The van der Waals surface area contributed by atoms with Crippen LogP contribution in [-0.2, 0) is 6.32 Å². The van der Waals surface area contributed by atoms with E-state index < -0.39 is 136 Å². The van der Waals surface area contributed by atoms with Crippen LogP contribution in [0.15, 0.2) is 24.3 Å². The Morgan fingerprint density at radius 2 is 0.667 bits per heavy atom. The lowest BCUT2D eigenvalue weighted by Crippen LogP contribution is -2.74. The molecule has 0 heterocycles. The molecule has 0 aliphatic carbocycles. The molecular weight excluding hydrogens is 663 g/mol. The summed E-state index contributed by atoms with van der Waals surface area (Å²) in [4.78, 5) is 0. The third kappa shape index (κ3) is 5.31. The molecule has 0 unspecified atom stereocenters. The van der Waals surface area contributed by atoms with Crippen molar-refractivity contribution in [3.05, 3.63) is 117 Å². The van der Waals surface area contributed by atoms with Gasteiger partial charge in [-0.3, -0.25) is 0 Å². The molecule has 0 saturated carbocycles. The Morgan fingerprint density at radius 3 is 0.911 bits per heavy atom. The van der Waals surface area contributed by atoms with Crippen LogP contribution in [0.3, 0.4) is 0 Å². The zero-order valence-electron chi connectivity index (χ0n) is 22.2. The van der Waals surface area contributed by atoms with Gasteiger partial charge in [0.25, 0.3) is 0 Å². The van der Waals surface area contributed by atoms with E-state index in [9.17, 15) is 39.5 Å². The third-order valence-corrected chi connectivity index (χ3v) is 7.79. The van der Waals surface area contributed by atoms with E-state index in [1.54, 1.807) is 11.6 Å². The van der Waals surface area contributed by atoms with Crippen LogP contribution in [0.25, 0.3) is 0 Å². The third-order valence-electron chi connectivity index (χ3n) is 7.05. The van der Waals surface area contributed by atoms with Gasteiger partial charge >= 0.3 is 14.5 Å². The van der Waals surface area contributed by atoms with Crippen molar-refractivity contribution in [2.45, 2.75) is 17.9 Å². The Morgan fingerprint density at radius 1 is 0.422 bits per heavy atom. The van der Waals surface area contributed by atoms with Crippen LogP contribution >= 0.6 is 0 Å². The number of benzene rings is 4. The molecule has 238 valence electrons. The molecule has 0 bridgehead atoms. The highest BCUT2D eigenvalue weighted by atomic mass is 27.2. The van der Waals surface area contributed by atoms with Gasteiger partial charge in [0.2, 0.25) is 0 Å². The van der Waals surface area contributed by atoms with E-state index in [2.05, 4.69) is 0 Å². The van der Waals surface area contributed by atoms with Gasteiger partial charge in [0.1, 0.15) is 41.0 Å². The summed E-state index contributed by atoms with van der Waals surface area (Å²) in [6.45, 7) is 0. The Hall–Kier alpha value is -3.77. The fourth-order valence-corrected chi connectivity index (χ4v) is 5.93. The highest BCUT2D eigenvalue weighted by molar-refractivity contribution is 7.11. The molecule has 45 heavy (non-hydrogen) atoms. The number of halogens is 15. The predicted octanol–water partition coefficient (Wildman–Crippen LogP) is 6.66. The Bertz CT molecular complexity index is 1590. The van der Waals surface area contributed by atoms with Crippen molar-refractivity contribution in [2.24, 2.45) is 0 Å². The molecule has 0 aliphatic heterocycles. The van der Waals surface area contributed by atoms with E-state index in [1.165, 1.54) is 0 Å². The largest absolute Gasteiger partial charge is 0.643 e. The lowest BCUT2D eigenvalue weighted by molar-refractivity contribution is 0.379. The monoisotopic (exact) mass is 675 g/mol. The Balaban J connectivity index is 2.38. The topological polar surface area (TPSA) is 9.23 Å². The zero-order valence-corrected chi connectivity index (χ0v) is 23.4. The quantitative estimate of drug-likeness (QED) is 0.0923. The van der Waals surface area contributed by atoms with Crippen molar-refractivity contribution in [2.75, 3.05) is 0 Å². The van der Waals surface area contributed by atoms with Gasteiger partial charge in [0.05, 0.1) is 5.75 Å². The Labute approximate surface area is 247 Å². The van der Waals surface area contributed by atoms with Gasteiger partial charge in [-0.05, 0) is 12.1 Å². The first-order valence-corrected chi connectivity index (χ1v) is 15.2. The lowest BCUT2D eigenvalue weighted by Gasteiger charge is -2.44. The summed E-state index contributed by atoms with van der Waals surface area (Å²) in [7, 11) is 0. The van der Waals surface area contributed by atoms with Gasteiger partial charge < -0.3 is 3.79 Å². The standard InChI is InChI=1S/C25H7BF15O.2CH3.Al/c27-11-8(12(28)18(34)23(39)17(11)33)26(5-6-1-3-7(42)4-2-6,9-13(29)19(35)24(40)20(36)14(9)30)10-15(31)21(37)25(41)22(38)16(10)32;;;/h1-4,42H,5H2;2*1H3;/q-1;;;+1/p-1. The van der Waals surface area contributed by atoms with Crippen molar-refractivity contribution in [1.82, 2.24) is 0 Å². The fourth-order valence-electron chi connectivity index (χ4n) is 5.23. The molecule has 4 aromatic carbocycles. The predicted molar refractivity (Wildman–Crippen MR) is 132 cm³/mol. The minimum Gasteiger partial charge on any atom is -0.643 e. The van der Waals surface area contributed by atoms with Gasteiger partial charge in [-0.15, -0.1) is 22.7 Å². The minimum atomic E-state index is -5.66. The van der Waals surface area contributed by atoms with Crippen LogP contribution in [0.5, 0.6) is 5.75 Å². The van der Waals surface area contributed by atoms with E-state index in [0.717, 1.165) is 24.3 Å². The highest BCUT2D eigenvalue weighted by Gasteiger charge is 2.48. The molecule has 0 aliphatic rings. The average molecular weight is 675 g/mol. The SMILES string of the molecule is [CH3][Al]([CH3])[O]c1ccc(C[B-](c2c(F)c(F)c(F)c(F)c2F)(c2c(F)c(F)c(F)c(F)c2F)c2c(F)c(F)c(F)c(F)c2F)cc1. The molecule has 0 saturated heterocycles. The smallest absolute Gasteiger partial charge is 0.539 e. The van der Waals surface area contributed by atoms with Crippen molar-refractivity contribution >= 4 is 37.0 Å². The molecule has 0 fully saturated rings. The van der Waals surface area contributed by atoms with E-state index in [4.69, 9.17) is 3.79 Å². The van der Waals surface area contributed by atoms with Gasteiger partial charge in [-0.25, -0.2) is 65.9 Å².